The first-order valence-electron chi connectivity index (χ1n) is 7.23. The number of hydrogen-bond acceptors (Lipinski definition) is 4. The Hall–Kier alpha value is -2.04. The third kappa shape index (κ3) is 5.39. The van der Waals surface area contributed by atoms with Crippen LogP contribution in [0.2, 0.25) is 0 Å². The number of aliphatic carboxylic acids is 1. The van der Waals surface area contributed by atoms with Gasteiger partial charge < -0.3 is 14.6 Å². The number of carboxylic acid groups (broad SMARTS) is 1. The number of rotatable bonds is 4. The Morgan fingerprint density at radius 1 is 1.18 bits per heavy atom. The summed E-state index contributed by atoms with van der Waals surface area (Å²) in [5.74, 6) is -0.890. The molecule has 5 heteroatoms. The van der Waals surface area contributed by atoms with Gasteiger partial charge in [-0.05, 0) is 69.9 Å². The van der Waals surface area contributed by atoms with E-state index in [0.29, 0.717) is 12.2 Å². The summed E-state index contributed by atoms with van der Waals surface area (Å²) in [6.07, 6.45) is -0.308. The molecular weight excluding hydrogens is 284 g/mol. The van der Waals surface area contributed by atoms with Crippen molar-refractivity contribution in [2.45, 2.75) is 53.6 Å². The van der Waals surface area contributed by atoms with Crippen molar-refractivity contribution in [1.29, 1.82) is 0 Å². The molecule has 0 amide bonds. The van der Waals surface area contributed by atoms with Crippen LogP contribution in [0.1, 0.15) is 44.4 Å². The Morgan fingerprint density at radius 2 is 1.68 bits per heavy atom. The zero-order valence-corrected chi connectivity index (χ0v) is 14.0. The largest absolute Gasteiger partial charge is 0.514 e. The van der Waals surface area contributed by atoms with Crippen molar-refractivity contribution in [3.63, 3.8) is 0 Å². The molecule has 1 N–H and O–H groups in total. The molecule has 0 radical (unpaired) electrons. The van der Waals surface area contributed by atoms with Crippen molar-refractivity contribution in [1.82, 2.24) is 0 Å². The lowest BCUT2D eigenvalue weighted by molar-refractivity contribution is -0.141. The smallest absolute Gasteiger partial charge is 0.481 e. The summed E-state index contributed by atoms with van der Waals surface area (Å²) in [5, 5.41) is 9.02. The highest BCUT2D eigenvalue weighted by atomic mass is 16.7. The van der Waals surface area contributed by atoms with Crippen molar-refractivity contribution in [3.05, 3.63) is 28.8 Å². The molecule has 1 aromatic rings. The molecule has 0 aromatic heterocycles. The molecule has 1 atom stereocenters. The van der Waals surface area contributed by atoms with E-state index in [2.05, 4.69) is 0 Å². The van der Waals surface area contributed by atoms with Gasteiger partial charge in [0.1, 0.15) is 11.4 Å². The second-order valence-corrected chi connectivity index (χ2v) is 6.55. The van der Waals surface area contributed by atoms with E-state index in [9.17, 15) is 9.59 Å². The molecule has 0 heterocycles. The van der Waals surface area contributed by atoms with E-state index in [-0.39, 0.29) is 0 Å². The standard InChI is InChI=1S/C17H24O5/c1-10-7-13(21-16(20)22-17(4,5)6)8-11(2)14(10)9-12(3)15(18)19/h7-8,12H,9H2,1-6H3,(H,18,19)/t12-/m0/s1. The summed E-state index contributed by atoms with van der Waals surface area (Å²) >= 11 is 0. The summed E-state index contributed by atoms with van der Waals surface area (Å²) in [6.45, 7) is 10.7. The number of hydrogen-bond donors (Lipinski definition) is 1. The van der Waals surface area contributed by atoms with Crippen LogP contribution >= 0.6 is 0 Å². The average molecular weight is 308 g/mol. The highest BCUT2D eigenvalue weighted by molar-refractivity contribution is 5.70. The zero-order valence-electron chi connectivity index (χ0n) is 14.0. The van der Waals surface area contributed by atoms with E-state index in [0.717, 1.165) is 16.7 Å². The number of benzene rings is 1. The molecule has 0 aliphatic carbocycles. The monoisotopic (exact) mass is 308 g/mol. The fourth-order valence-electron chi connectivity index (χ4n) is 2.10. The Bertz CT molecular complexity index is 546. The van der Waals surface area contributed by atoms with Gasteiger partial charge in [0.15, 0.2) is 0 Å². The van der Waals surface area contributed by atoms with Gasteiger partial charge in [0.2, 0.25) is 0 Å². The third-order valence-electron chi connectivity index (χ3n) is 3.19. The fraction of sp³-hybridized carbons (Fsp3) is 0.529. The number of carbonyl (C=O) groups excluding carboxylic acids is 1. The van der Waals surface area contributed by atoms with Gasteiger partial charge in [-0.3, -0.25) is 4.79 Å². The van der Waals surface area contributed by atoms with E-state index in [4.69, 9.17) is 14.6 Å². The fourth-order valence-corrected chi connectivity index (χ4v) is 2.10. The Kier molecular flexibility index (Phi) is 5.58. The first-order valence-corrected chi connectivity index (χ1v) is 7.23. The molecule has 122 valence electrons. The van der Waals surface area contributed by atoms with Crippen LogP contribution in [0.25, 0.3) is 0 Å². The molecule has 0 fully saturated rings. The van der Waals surface area contributed by atoms with Gasteiger partial charge in [-0.15, -0.1) is 0 Å². The van der Waals surface area contributed by atoms with Crippen LogP contribution < -0.4 is 4.74 Å². The molecule has 22 heavy (non-hydrogen) atoms. The summed E-state index contributed by atoms with van der Waals surface area (Å²) in [7, 11) is 0. The second-order valence-electron chi connectivity index (χ2n) is 6.55. The summed E-state index contributed by atoms with van der Waals surface area (Å²) in [4.78, 5) is 22.7. The molecule has 0 saturated carbocycles. The number of carboxylic acids is 1. The van der Waals surface area contributed by atoms with E-state index in [1.807, 2.05) is 13.8 Å². The average Bonchev–Trinajstić information content (AvgIpc) is 2.30. The van der Waals surface area contributed by atoms with Gasteiger partial charge in [0, 0.05) is 0 Å². The lowest BCUT2D eigenvalue weighted by Crippen LogP contribution is -2.26. The van der Waals surface area contributed by atoms with Crippen LogP contribution in [0.3, 0.4) is 0 Å². The van der Waals surface area contributed by atoms with Crippen LogP contribution in [0.5, 0.6) is 5.75 Å². The predicted octanol–water partition coefficient (Wildman–Crippen LogP) is 3.88. The number of carbonyl (C=O) groups is 2. The van der Waals surface area contributed by atoms with Gasteiger partial charge in [-0.25, -0.2) is 4.79 Å². The lowest BCUT2D eigenvalue weighted by Gasteiger charge is -2.19. The van der Waals surface area contributed by atoms with Gasteiger partial charge >= 0.3 is 12.1 Å². The highest BCUT2D eigenvalue weighted by Gasteiger charge is 2.19. The Morgan fingerprint density at radius 3 is 2.09 bits per heavy atom. The molecule has 1 aromatic carbocycles. The maximum Gasteiger partial charge on any atom is 0.514 e. The summed E-state index contributed by atoms with van der Waals surface area (Å²) in [5.41, 5.74) is 2.14. The number of aryl methyl sites for hydroxylation is 2. The second kappa shape index (κ2) is 6.81. The quantitative estimate of drug-likeness (QED) is 0.675. The normalized spacial score (nSPS) is 12.6. The molecule has 0 spiro atoms. The minimum Gasteiger partial charge on any atom is -0.481 e. The van der Waals surface area contributed by atoms with Gasteiger partial charge in [-0.2, -0.15) is 0 Å². The summed E-state index contributed by atoms with van der Waals surface area (Å²) < 4.78 is 10.3. The van der Waals surface area contributed by atoms with Crippen LogP contribution in [-0.2, 0) is 16.0 Å². The predicted molar refractivity (Wildman–Crippen MR) is 83.3 cm³/mol. The SMILES string of the molecule is Cc1cc(OC(=O)OC(C)(C)C)cc(C)c1C[C@H](C)C(=O)O. The van der Waals surface area contributed by atoms with Crippen LogP contribution in [0, 0.1) is 19.8 Å². The van der Waals surface area contributed by atoms with Crippen LogP contribution in [0.15, 0.2) is 12.1 Å². The van der Waals surface area contributed by atoms with Gasteiger partial charge in [0.25, 0.3) is 0 Å². The molecule has 0 aliphatic rings. The molecule has 5 nitrogen and oxygen atoms in total. The molecule has 0 saturated heterocycles. The molecule has 1 rings (SSSR count). The van der Waals surface area contributed by atoms with Crippen LogP contribution in [0.4, 0.5) is 4.79 Å². The minimum absolute atomic E-state index is 0.399. The number of ether oxygens (including phenoxy) is 2. The van der Waals surface area contributed by atoms with Crippen molar-refractivity contribution in [3.8, 4) is 5.75 Å². The minimum atomic E-state index is -0.826. The Labute approximate surface area is 131 Å². The zero-order chi connectivity index (χ0) is 17.1. The maximum atomic E-state index is 11.7. The molecule has 0 bridgehead atoms. The van der Waals surface area contributed by atoms with Crippen LogP contribution in [-0.4, -0.2) is 22.8 Å². The molecule has 0 aliphatic heterocycles. The highest BCUT2D eigenvalue weighted by Crippen LogP contribution is 2.25. The van der Waals surface area contributed by atoms with E-state index < -0.39 is 23.6 Å². The van der Waals surface area contributed by atoms with Crippen molar-refractivity contribution >= 4 is 12.1 Å². The van der Waals surface area contributed by atoms with Crippen molar-refractivity contribution in [2.75, 3.05) is 0 Å². The van der Waals surface area contributed by atoms with E-state index in [1.54, 1.807) is 39.8 Å². The first kappa shape index (κ1) is 18.0. The lowest BCUT2D eigenvalue weighted by atomic mass is 9.93. The topological polar surface area (TPSA) is 72.8 Å². The molecular formula is C17H24O5. The van der Waals surface area contributed by atoms with Crippen molar-refractivity contribution < 1.29 is 24.2 Å². The Balaban J connectivity index is 2.90. The van der Waals surface area contributed by atoms with Gasteiger partial charge in [0.05, 0.1) is 5.92 Å². The van der Waals surface area contributed by atoms with E-state index in [1.165, 1.54) is 0 Å². The first-order chi connectivity index (χ1) is 9.99. The molecule has 0 unspecified atom stereocenters. The van der Waals surface area contributed by atoms with Crippen molar-refractivity contribution in [2.24, 2.45) is 5.92 Å². The summed E-state index contributed by atoms with van der Waals surface area (Å²) in [6, 6.07) is 3.45. The van der Waals surface area contributed by atoms with E-state index >= 15 is 0 Å². The maximum absolute atomic E-state index is 11.7. The van der Waals surface area contributed by atoms with Gasteiger partial charge in [-0.1, -0.05) is 6.92 Å². The third-order valence-corrected chi connectivity index (χ3v) is 3.19.